The number of carbonyl (C=O) groups is 1. The molecule has 138 valence electrons. The van der Waals surface area contributed by atoms with Crippen LogP contribution in [0, 0.1) is 0 Å². The summed E-state index contributed by atoms with van der Waals surface area (Å²) in [5.74, 6) is 0.579. The van der Waals surface area contributed by atoms with Gasteiger partial charge in [0, 0.05) is 6.92 Å². The molecule has 2 heterocycles. The van der Waals surface area contributed by atoms with Gasteiger partial charge in [0.15, 0.2) is 5.82 Å². The highest BCUT2D eigenvalue weighted by molar-refractivity contribution is 7.15. The summed E-state index contributed by atoms with van der Waals surface area (Å²) in [6, 6.07) is 16.7. The average Bonchev–Trinajstić information content (AvgIpc) is 3.21. The Balaban J connectivity index is 1.61. The van der Waals surface area contributed by atoms with Gasteiger partial charge in [-0.3, -0.25) is 9.59 Å². The largest absolute Gasteiger partial charge is 0.427 e. The van der Waals surface area contributed by atoms with E-state index in [1.165, 1.54) is 22.8 Å². The van der Waals surface area contributed by atoms with Crippen LogP contribution in [-0.4, -0.2) is 20.6 Å². The predicted molar refractivity (Wildman–Crippen MR) is 109 cm³/mol. The summed E-state index contributed by atoms with van der Waals surface area (Å²) in [5, 5.41) is 4.28. The van der Waals surface area contributed by atoms with Crippen LogP contribution in [0.4, 0.5) is 0 Å². The zero-order chi connectivity index (χ0) is 19.5. The highest BCUT2D eigenvalue weighted by atomic mass is 32.1. The first-order valence-corrected chi connectivity index (χ1v) is 9.33. The molecule has 0 spiro atoms. The van der Waals surface area contributed by atoms with Gasteiger partial charge < -0.3 is 4.74 Å². The van der Waals surface area contributed by atoms with E-state index >= 15 is 0 Å². The number of rotatable bonds is 4. The topological polar surface area (TPSA) is 73.6 Å². The van der Waals surface area contributed by atoms with Crippen LogP contribution in [0.5, 0.6) is 5.75 Å². The van der Waals surface area contributed by atoms with Crippen molar-refractivity contribution < 1.29 is 9.53 Å². The molecule has 6 nitrogen and oxygen atoms in total. The Morgan fingerprint density at radius 2 is 1.79 bits per heavy atom. The number of ether oxygens (including phenoxy) is 1. The van der Waals surface area contributed by atoms with Crippen molar-refractivity contribution in [2.75, 3.05) is 0 Å². The van der Waals surface area contributed by atoms with Crippen molar-refractivity contribution in [1.82, 2.24) is 14.6 Å². The van der Waals surface area contributed by atoms with E-state index in [4.69, 9.17) is 4.74 Å². The highest BCUT2D eigenvalue weighted by Gasteiger charge is 2.09. The van der Waals surface area contributed by atoms with Crippen molar-refractivity contribution in [3.8, 4) is 5.75 Å². The Morgan fingerprint density at radius 3 is 2.46 bits per heavy atom. The summed E-state index contributed by atoms with van der Waals surface area (Å²) < 4.78 is 6.85. The third kappa shape index (κ3) is 3.89. The standard InChI is InChI=1S/C21H15N3O3S/c1-14(25)27-17-10-7-16(8-11-17)13-18-20(26)24-21(28-18)22-19(23-24)12-9-15-5-3-2-4-6-15/h2-13H,1H3/b12-9+,18-13-. The van der Waals surface area contributed by atoms with Crippen molar-refractivity contribution in [2.45, 2.75) is 6.92 Å². The molecule has 0 aliphatic carbocycles. The first-order valence-electron chi connectivity index (χ1n) is 8.51. The van der Waals surface area contributed by atoms with Gasteiger partial charge in [-0.05, 0) is 35.4 Å². The molecule has 0 fully saturated rings. The van der Waals surface area contributed by atoms with Gasteiger partial charge in [0.2, 0.25) is 4.96 Å². The van der Waals surface area contributed by atoms with Crippen molar-refractivity contribution >= 4 is 40.5 Å². The Morgan fingerprint density at radius 1 is 1.04 bits per heavy atom. The SMILES string of the molecule is CC(=O)Oc1ccc(/C=c2\sc3nc(/C=C/c4ccccc4)nn3c2=O)cc1. The Hall–Kier alpha value is -3.58. The van der Waals surface area contributed by atoms with Gasteiger partial charge in [-0.25, -0.2) is 0 Å². The molecular formula is C21H15N3O3S. The van der Waals surface area contributed by atoms with E-state index in [1.807, 2.05) is 36.4 Å². The number of nitrogens with zero attached hydrogens (tertiary/aromatic N) is 3. The number of carbonyl (C=O) groups excluding carboxylic acids is 1. The minimum atomic E-state index is -0.374. The maximum atomic E-state index is 12.6. The molecule has 7 heteroatoms. The van der Waals surface area contributed by atoms with Crippen molar-refractivity contribution in [2.24, 2.45) is 0 Å². The molecule has 4 aromatic rings. The van der Waals surface area contributed by atoms with Gasteiger partial charge in [0.05, 0.1) is 4.53 Å². The van der Waals surface area contributed by atoms with Gasteiger partial charge in [-0.2, -0.15) is 9.50 Å². The molecule has 0 radical (unpaired) electrons. The number of aromatic nitrogens is 3. The number of thiazole rings is 1. The van der Waals surface area contributed by atoms with E-state index in [-0.39, 0.29) is 11.5 Å². The van der Waals surface area contributed by atoms with Gasteiger partial charge in [0.1, 0.15) is 5.75 Å². The van der Waals surface area contributed by atoms with Crippen molar-refractivity contribution in [1.29, 1.82) is 0 Å². The second-order valence-electron chi connectivity index (χ2n) is 5.99. The van der Waals surface area contributed by atoms with Crippen LogP contribution in [0.15, 0.2) is 59.4 Å². The quantitative estimate of drug-likeness (QED) is 0.396. The number of hydrogen-bond donors (Lipinski definition) is 0. The van der Waals surface area contributed by atoms with Crippen LogP contribution in [0.1, 0.15) is 23.9 Å². The summed E-state index contributed by atoms with van der Waals surface area (Å²) in [7, 11) is 0. The first-order chi connectivity index (χ1) is 13.6. The highest BCUT2D eigenvalue weighted by Crippen LogP contribution is 2.13. The van der Waals surface area contributed by atoms with Crippen LogP contribution < -0.4 is 14.8 Å². The van der Waals surface area contributed by atoms with Gasteiger partial charge in [-0.15, -0.1) is 5.10 Å². The minimum absolute atomic E-state index is 0.212. The minimum Gasteiger partial charge on any atom is -0.427 e. The average molecular weight is 389 g/mol. The van der Waals surface area contributed by atoms with Crippen LogP contribution in [-0.2, 0) is 4.79 Å². The molecule has 28 heavy (non-hydrogen) atoms. The lowest BCUT2D eigenvalue weighted by atomic mass is 10.2. The fourth-order valence-electron chi connectivity index (χ4n) is 2.60. The van der Waals surface area contributed by atoms with E-state index in [0.717, 1.165) is 11.1 Å². The summed E-state index contributed by atoms with van der Waals surface area (Å²) in [4.78, 5) is 28.5. The van der Waals surface area contributed by atoms with Crippen molar-refractivity contribution in [3.05, 3.63) is 86.4 Å². The predicted octanol–water partition coefficient (Wildman–Crippen LogP) is 2.79. The maximum absolute atomic E-state index is 12.6. The van der Waals surface area contributed by atoms with Crippen LogP contribution in [0.25, 0.3) is 23.2 Å². The molecule has 2 aromatic heterocycles. The molecule has 0 saturated carbocycles. The molecule has 0 bridgehead atoms. The van der Waals surface area contributed by atoms with E-state index in [0.29, 0.717) is 21.1 Å². The summed E-state index contributed by atoms with van der Waals surface area (Å²) in [6.07, 6.45) is 5.45. The normalized spacial score (nSPS) is 12.1. The Labute approximate surface area is 164 Å². The van der Waals surface area contributed by atoms with Gasteiger partial charge in [-0.1, -0.05) is 59.9 Å². The second kappa shape index (κ2) is 7.58. The lowest BCUT2D eigenvalue weighted by molar-refractivity contribution is -0.131. The lowest BCUT2D eigenvalue weighted by Gasteiger charge is -2.00. The number of benzene rings is 2. The fourth-order valence-corrected chi connectivity index (χ4v) is 3.52. The van der Waals surface area contributed by atoms with Gasteiger partial charge in [0.25, 0.3) is 5.56 Å². The zero-order valence-corrected chi connectivity index (χ0v) is 15.7. The zero-order valence-electron chi connectivity index (χ0n) is 14.9. The number of esters is 1. The monoisotopic (exact) mass is 389 g/mol. The van der Waals surface area contributed by atoms with E-state index in [2.05, 4.69) is 10.1 Å². The summed E-state index contributed by atoms with van der Waals surface area (Å²) in [5.41, 5.74) is 1.65. The summed E-state index contributed by atoms with van der Waals surface area (Å²) >= 11 is 1.28. The molecule has 2 aromatic carbocycles. The Kier molecular flexibility index (Phi) is 4.82. The molecule has 0 saturated heterocycles. The van der Waals surface area contributed by atoms with Crippen LogP contribution in [0.2, 0.25) is 0 Å². The van der Waals surface area contributed by atoms with Crippen LogP contribution >= 0.6 is 11.3 Å². The molecule has 0 amide bonds. The number of fused-ring (bicyclic) bond motifs is 1. The summed E-state index contributed by atoms with van der Waals surface area (Å²) in [6.45, 7) is 1.35. The first kappa shape index (κ1) is 17.8. The van der Waals surface area contributed by atoms with Gasteiger partial charge >= 0.3 is 5.97 Å². The molecule has 0 atom stereocenters. The van der Waals surface area contributed by atoms with E-state index in [1.54, 1.807) is 36.4 Å². The molecule has 0 unspecified atom stereocenters. The Bertz CT molecular complexity index is 1270. The van der Waals surface area contributed by atoms with E-state index in [9.17, 15) is 9.59 Å². The smallest absolute Gasteiger partial charge is 0.308 e. The molecular weight excluding hydrogens is 374 g/mol. The van der Waals surface area contributed by atoms with Crippen molar-refractivity contribution in [3.63, 3.8) is 0 Å². The molecule has 0 N–H and O–H groups in total. The lowest BCUT2D eigenvalue weighted by Crippen LogP contribution is -2.23. The second-order valence-corrected chi connectivity index (χ2v) is 7.00. The fraction of sp³-hybridized carbons (Fsp3) is 0.0476. The molecule has 0 aliphatic heterocycles. The third-order valence-corrected chi connectivity index (χ3v) is 4.82. The third-order valence-electron chi connectivity index (χ3n) is 3.86. The molecule has 4 rings (SSSR count). The molecule has 0 aliphatic rings. The maximum Gasteiger partial charge on any atom is 0.308 e. The van der Waals surface area contributed by atoms with E-state index < -0.39 is 0 Å². The number of hydrogen-bond acceptors (Lipinski definition) is 6. The van der Waals surface area contributed by atoms with Crippen LogP contribution in [0.3, 0.4) is 0 Å².